The number of fused-ring (bicyclic) bond motifs is 1. The molecular weight excluding hydrogens is 260 g/mol. The fraction of sp³-hybridized carbons (Fsp3) is 0.929. The van der Waals surface area contributed by atoms with Crippen molar-refractivity contribution in [2.45, 2.75) is 44.9 Å². The molecule has 1 amide bonds. The Balaban J connectivity index is 1.43. The second-order valence-electron chi connectivity index (χ2n) is 6.97. The van der Waals surface area contributed by atoms with E-state index in [1.54, 1.807) is 0 Å². The predicted octanol–water partition coefficient (Wildman–Crippen LogP) is 1.95. The highest BCUT2D eigenvalue weighted by Gasteiger charge is 2.57. The normalized spacial score (nSPS) is 37.3. The quantitative estimate of drug-likeness (QED) is 0.841. The van der Waals surface area contributed by atoms with Crippen molar-refractivity contribution in [2.75, 3.05) is 24.6 Å². The fourth-order valence-corrected chi connectivity index (χ4v) is 4.35. The number of likely N-dealkylation sites (tertiary alicyclic amines) is 1. The molecule has 1 saturated carbocycles. The van der Waals surface area contributed by atoms with Crippen molar-refractivity contribution in [1.82, 2.24) is 10.2 Å². The smallest absolute Gasteiger partial charge is 0.410 e. The molecule has 2 aliphatic heterocycles. The van der Waals surface area contributed by atoms with Gasteiger partial charge in [0, 0.05) is 30.9 Å². The third-order valence-corrected chi connectivity index (χ3v) is 5.37. The molecule has 108 valence electrons. The van der Waals surface area contributed by atoms with Crippen LogP contribution in [-0.4, -0.2) is 53.3 Å². The topological polar surface area (TPSA) is 41.6 Å². The molecule has 0 spiro atoms. The summed E-state index contributed by atoms with van der Waals surface area (Å²) in [6, 6.07) is 1.36. The van der Waals surface area contributed by atoms with E-state index in [1.807, 2.05) is 37.4 Å². The molecule has 0 aromatic heterocycles. The van der Waals surface area contributed by atoms with Crippen LogP contribution in [-0.2, 0) is 4.74 Å². The molecule has 3 aliphatic rings. The van der Waals surface area contributed by atoms with Gasteiger partial charge < -0.3 is 15.0 Å². The second-order valence-corrected chi connectivity index (χ2v) is 8.12. The van der Waals surface area contributed by atoms with Gasteiger partial charge in [0.25, 0.3) is 0 Å². The van der Waals surface area contributed by atoms with E-state index in [0.717, 1.165) is 13.1 Å². The van der Waals surface area contributed by atoms with Crippen molar-refractivity contribution in [3.05, 3.63) is 0 Å². The summed E-state index contributed by atoms with van der Waals surface area (Å²) in [4.78, 5) is 13.8. The number of nitrogens with one attached hydrogen (secondary N) is 1. The van der Waals surface area contributed by atoms with Crippen LogP contribution < -0.4 is 5.32 Å². The van der Waals surface area contributed by atoms with Crippen LogP contribution in [0.5, 0.6) is 0 Å². The van der Waals surface area contributed by atoms with Crippen molar-refractivity contribution in [2.24, 2.45) is 11.8 Å². The van der Waals surface area contributed by atoms with Crippen molar-refractivity contribution in [1.29, 1.82) is 0 Å². The summed E-state index contributed by atoms with van der Waals surface area (Å²) in [6.07, 6.45) is 1.16. The number of hydrogen-bond donors (Lipinski definition) is 1. The number of rotatable bonds is 2. The Bertz CT molecular complexity index is 351. The highest BCUT2D eigenvalue weighted by molar-refractivity contribution is 7.99. The van der Waals surface area contributed by atoms with Gasteiger partial charge in [-0.05, 0) is 44.8 Å². The maximum atomic E-state index is 12.0. The number of piperidine rings is 1. The van der Waals surface area contributed by atoms with E-state index in [-0.39, 0.29) is 11.7 Å². The Morgan fingerprint density at radius 1 is 1.32 bits per heavy atom. The number of amides is 1. The van der Waals surface area contributed by atoms with E-state index < -0.39 is 0 Å². The third-order valence-electron chi connectivity index (χ3n) is 4.20. The molecule has 3 unspecified atom stereocenters. The average Bonchev–Trinajstić information content (AvgIpc) is 2.75. The van der Waals surface area contributed by atoms with Gasteiger partial charge in [-0.3, -0.25) is 0 Å². The van der Waals surface area contributed by atoms with Crippen LogP contribution in [0.1, 0.15) is 27.2 Å². The van der Waals surface area contributed by atoms with Gasteiger partial charge in [-0.25, -0.2) is 4.79 Å². The number of hydrogen-bond acceptors (Lipinski definition) is 4. The standard InChI is InChI=1S/C14H24N2O2S/c1-14(2,3)18-13(17)16-6-10-11(7-16)12(10)15-9-4-5-19-8-9/h9-12,15H,4-8H2,1-3H3. The largest absolute Gasteiger partial charge is 0.444 e. The molecule has 3 atom stereocenters. The molecule has 3 fully saturated rings. The maximum absolute atomic E-state index is 12.0. The van der Waals surface area contributed by atoms with Gasteiger partial charge >= 0.3 is 6.09 Å². The molecule has 5 heteroatoms. The highest BCUT2D eigenvalue weighted by Crippen LogP contribution is 2.46. The molecule has 3 rings (SSSR count). The summed E-state index contributed by atoms with van der Waals surface area (Å²) >= 11 is 2.04. The zero-order chi connectivity index (χ0) is 13.6. The van der Waals surface area contributed by atoms with E-state index in [2.05, 4.69) is 5.32 Å². The Morgan fingerprint density at radius 2 is 2.00 bits per heavy atom. The second kappa shape index (κ2) is 4.85. The van der Waals surface area contributed by atoms with Gasteiger partial charge in [-0.1, -0.05) is 0 Å². The molecular formula is C14H24N2O2S. The maximum Gasteiger partial charge on any atom is 0.410 e. The lowest BCUT2D eigenvalue weighted by Gasteiger charge is -2.26. The Morgan fingerprint density at radius 3 is 2.53 bits per heavy atom. The third kappa shape index (κ3) is 3.02. The number of carbonyl (C=O) groups excluding carboxylic acids is 1. The summed E-state index contributed by atoms with van der Waals surface area (Å²) in [5, 5.41) is 3.76. The number of thioether (sulfide) groups is 1. The summed E-state index contributed by atoms with van der Waals surface area (Å²) in [7, 11) is 0. The molecule has 0 radical (unpaired) electrons. The molecule has 2 saturated heterocycles. The molecule has 0 aromatic carbocycles. The van der Waals surface area contributed by atoms with Gasteiger partial charge in [0.1, 0.15) is 5.60 Å². The van der Waals surface area contributed by atoms with Crippen LogP contribution in [0.4, 0.5) is 4.79 Å². The molecule has 0 bridgehead atoms. The molecule has 0 aromatic rings. The van der Waals surface area contributed by atoms with Gasteiger partial charge in [0.15, 0.2) is 0 Å². The Kier molecular flexibility index (Phi) is 3.46. The zero-order valence-corrected chi connectivity index (χ0v) is 12.8. The first-order valence-corrected chi connectivity index (χ1v) is 8.41. The minimum absolute atomic E-state index is 0.144. The van der Waals surface area contributed by atoms with Crippen LogP contribution in [0.15, 0.2) is 0 Å². The van der Waals surface area contributed by atoms with Crippen LogP contribution in [0, 0.1) is 11.8 Å². The average molecular weight is 284 g/mol. The first-order valence-electron chi connectivity index (χ1n) is 7.26. The van der Waals surface area contributed by atoms with Gasteiger partial charge in [0.05, 0.1) is 0 Å². The number of nitrogens with zero attached hydrogens (tertiary/aromatic N) is 1. The van der Waals surface area contributed by atoms with E-state index in [1.165, 1.54) is 17.9 Å². The van der Waals surface area contributed by atoms with Crippen LogP contribution in [0.2, 0.25) is 0 Å². The van der Waals surface area contributed by atoms with E-state index in [0.29, 0.717) is 23.9 Å². The SMILES string of the molecule is CC(C)(C)OC(=O)N1CC2C(C1)C2NC1CCSC1. The van der Waals surface area contributed by atoms with Gasteiger partial charge in [-0.2, -0.15) is 11.8 Å². The van der Waals surface area contributed by atoms with E-state index >= 15 is 0 Å². The molecule has 19 heavy (non-hydrogen) atoms. The lowest BCUT2D eigenvalue weighted by molar-refractivity contribution is 0.0269. The lowest BCUT2D eigenvalue weighted by atomic mass is 10.2. The Labute approximate surface area is 119 Å². The zero-order valence-electron chi connectivity index (χ0n) is 12.0. The van der Waals surface area contributed by atoms with Crippen molar-refractivity contribution in [3.8, 4) is 0 Å². The van der Waals surface area contributed by atoms with Crippen molar-refractivity contribution >= 4 is 17.9 Å². The van der Waals surface area contributed by atoms with Crippen LogP contribution >= 0.6 is 11.8 Å². The highest BCUT2D eigenvalue weighted by atomic mass is 32.2. The summed E-state index contributed by atoms with van der Waals surface area (Å²) in [5.74, 6) is 3.88. The van der Waals surface area contributed by atoms with Crippen LogP contribution in [0.25, 0.3) is 0 Å². The first-order chi connectivity index (χ1) is 8.94. The van der Waals surface area contributed by atoms with E-state index in [9.17, 15) is 4.79 Å². The Hall–Kier alpha value is -0.420. The fourth-order valence-electron chi connectivity index (χ4n) is 3.19. The minimum Gasteiger partial charge on any atom is -0.444 e. The number of carbonyl (C=O) groups is 1. The minimum atomic E-state index is -0.386. The first kappa shape index (κ1) is 13.6. The molecule has 2 heterocycles. The molecule has 1 aliphatic carbocycles. The van der Waals surface area contributed by atoms with E-state index in [4.69, 9.17) is 4.74 Å². The monoisotopic (exact) mass is 284 g/mol. The van der Waals surface area contributed by atoms with Crippen molar-refractivity contribution < 1.29 is 9.53 Å². The number of ether oxygens (including phenoxy) is 1. The predicted molar refractivity (Wildman–Crippen MR) is 77.4 cm³/mol. The summed E-state index contributed by atoms with van der Waals surface area (Å²) in [6.45, 7) is 7.51. The van der Waals surface area contributed by atoms with Crippen molar-refractivity contribution in [3.63, 3.8) is 0 Å². The molecule has 1 N–H and O–H groups in total. The van der Waals surface area contributed by atoms with Crippen LogP contribution in [0.3, 0.4) is 0 Å². The lowest BCUT2D eigenvalue weighted by Crippen LogP contribution is -2.41. The van der Waals surface area contributed by atoms with Gasteiger partial charge in [0.2, 0.25) is 0 Å². The molecule has 4 nitrogen and oxygen atoms in total. The van der Waals surface area contributed by atoms with Gasteiger partial charge in [-0.15, -0.1) is 0 Å². The summed E-state index contributed by atoms with van der Waals surface area (Å²) in [5.41, 5.74) is -0.386. The summed E-state index contributed by atoms with van der Waals surface area (Å²) < 4.78 is 5.42.